The highest BCUT2D eigenvalue weighted by molar-refractivity contribution is 6.30. The molecule has 0 unspecified atom stereocenters. The Morgan fingerprint density at radius 1 is 1.45 bits per heavy atom. The van der Waals surface area contributed by atoms with Gasteiger partial charge in [-0.2, -0.15) is 5.10 Å². The Balaban J connectivity index is 1.67. The molecule has 0 atom stereocenters. The molecule has 1 aromatic heterocycles. The fraction of sp³-hybridized carbons (Fsp3) is 0.286. The van der Waals surface area contributed by atoms with Crippen molar-refractivity contribution in [3.8, 4) is 5.69 Å². The lowest BCUT2D eigenvalue weighted by Gasteiger charge is -2.26. The van der Waals surface area contributed by atoms with Crippen molar-refractivity contribution in [3.05, 3.63) is 47.2 Å². The van der Waals surface area contributed by atoms with Crippen LogP contribution in [0.5, 0.6) is 0 Å². The van der Waals surface area contributed by atoms with E-state index in [-0.39, 0.29) is 5.91 Å². The second-order valence-electron chi connectivity index (χ2n) is 4.86. The molecule has 0 aliphatic carbocycles. The number of nitrogens with one attached hydrogen (secondary N) is 2. The molecule has 0 saturated carbocycles. The van der Waals surface area contributed by atoms with Crippen LogP contribution in [0.3, 0.4) is 0 Å². The summed E-state index contributed by atoms with van der Waals surface area (Å²) < 4.78 is 1.64. The number of rotatable bonds is 4. The predicted molar refractivity (Wildman–Crippen MR) is 77.3 cm³/mol. The van der Waals surface area contributed by atoms with Crippen LogP contribution in [-0.4, -0.2) is 35.3 Å². The van der Waals surface area contributed by atoms with Crippen molar-refractivity contribution in [1.82, 2.24) is 20.4 Å². The maximum Gasteiger partial charge on any atom is 0.271 e. The number of halogens is 1. The summed E-state index contributed by atoms with van der Waals surface area (Å²) in [6, 6.07) is 9.05. The maximum absolute atomic E-state index is 12.0. The summed E-state index contributed by atoms with van der Waals surface area (Å²) in [4.78, 5) is 12.0. The Hall–Kier alpha value is -1.85. The van der Waals surface area contributed by atoms with E-state index in [9.17, 15) is 4.79 Å². The molecule has 1 aromatic carbocycles. The van der Waals surface area contributed by atoms with Gasteiger partial charge in [-0.15, -0.1) is 0 Å². The zero-order valence-corrected chi connectivity index (χ0v) is 11.6. The van der Waals surface area contributed by atoms with Crippen molar-refractivity contribution >= 4 is 17.5 Å². The van der Waals surface area contributed by atoms with Crippen molar-refractivity contribution in [1.29, 1.82) is 0 Å². The Morgan fingerprint density at radius 3 is 3.00 bits per heavy atom. The molecule has 104 valence electrons. The Kier molecular flexibility index (Phi) is 3.71. The molecule has 1 fully saturated rings. The van der Waals surface area contributed by atoms with Crippen LogP contribution in [0.15, 0.2) is 36.5 Å². The normalized spacial score (nSPS) is 14.8. The van der Waals surface area contributed by atoms with Gasteiger partial charge in [-0.25, -0.2) is 4.68 Å². The van der Waals surface area contributed by atoms with Crippen molar-refractivity contribution in [3.63, 3.8) is 0 Å². The second-order valence-corrected chi connectivity index (χ2v) is 5.30. The van der Waals surface area contributed by atoms with E-state index in [1.807, 2.05) is 12.1 Å². The Labute approximate surface area is 121 Å². The number of aromatic nitrogens is 2. The number of amides is 1. The van der Waals surface area contributed by atoms with E-state index in [2.05, 4.69) is 15.7 Å². The number of carbonyl (C=O) groups is 1. The zero-order chi connectivity index (χ0) is 13.9. The first-order valence-electron chi connectivity index (χ1n) is 6.53. The molecule has 2 heterocycles. The Morgan fingerprint density at radius 2 is 2.30 bits per heavy atom. The van der Waals surface area contributed by atoms with E-state index in [0.29, 0.717) is 23.2 Å². The summed E-state index contributed by atoms with van der Waals surface area (Å²) in [5.74, 6) is 0.395. The molecule has 0 bridgehead atoms. The first-order valence-corrected chi connectivity index (χ1v) is 6.91. The highest BCUT2D eigenvalue weighted by atomic mass is 35.5. The monoisotopic (exact) mass is 290 g/mol. The fourth-order valence-corrected chi connectivity index (χ4v) is 2.21. The quantitative estimate of drug-likeness (QED) is 0.897. The first kappa shape index (κ1) is 13.1. The standard InChI is InChI=1S/C14H15ClN4O/c15-11-2-1-3-12(6-11)19-5-4-13(18-19)14(20)17-9-10-7-16-8-10/h1-6,10,16H,7-9H2,(H,17,20). The predicted octanol–water partition coefficient (Wildman–Crippen LogP) is 1.47. The molecule has 0 radical (unpaired) electrons. The molecule has 3 rings (SSSR count). The third-order valence-electron chi connectivity index (χ3n) is 3.31. The van der Waals surface area contributed by atoms with Gasteiger partial charge in [0.05, 0.1) is 5.69 Å². The van der Waals surface area contributed by atoms with Gasteiger partial charge in [0.25, 0.3) is 5.91 Å². The van der Waals surface area contributed by atoms with Crippen LogP contribution in [0.2, 0.25) is 5.02 Å². The van der Waals surface area contributed by atoms with Crippen LogP contribution in [0.1, 0.15) is 10.5 Å². The summed E-state index contributed by atoms with van der Waals surface area (Å²) in [5, 5.41) is 11.0. The molecule has 0 spiro atoms. The maximum atomic E-state index is 12.0. The fourth-order valence-electron chi connectivity index (χ4n) is 2.03. The largest absolute Gasteiger partial charge is 0.350 e. The minimum Gasteiger partial charge on any atom is -0.350 e. The van der Waals surface area contributed by atoms with Gasteiger partial charge >= 0.3 is 0 Å². The molecule has 6 heteroatoms. The van der Waals surface area contributed by atoms with Crippen molar-refractivity contribution in [2.45, 2.75) is 0 Å². The minimum atomic E-state index is -0.141. The minimum absolute atomic E-state index is 0.141. The SMILES string of the molecule is O=C(NCC1CNC1)c1ccn(-c2cccc(Cl)c2)n1. The van der Waals surface area contributed by atoms with Crippen LogP contribution in [0.4, 0.5) is 0 Å². The molecule has 1 saturated heterocycles. The van der Waals surface area contributed by atoms with Gasteiger partial charge in [0.15, 0.2) is 5.69 Å². The first-order chi connectivity index (χ1) is 9.72. The number of hydrogen-bond donors (Lipinski definition) is 2. The van der Waals surface area contributed by atoms with E-state index in [4.69, 9.17) is 11.6 Å². The zero-order valence-electron chi connectivity index (χ0n) is 10.8. The summed E-state index contributed by atoms with van der Waals surface area (Å²) in [6.45, 7) is 2.63. The second kappa shape index (κ2) is 5.64. The average Bonchev–Trinajstić information content (AvgIpc) is 2.86. The van der Waals surface area contributed by atoms with Crippen molar-refractivity contribution in [2.75, 3.05) is 19.6 Å². The average molecular weight is 291 g/mol. The van der Waals surface area contributed by atoms with Crippen LogP contribution >= 0.6 is 11.6 Å². The third kappa shape index (κ3) is 2.84. The lowest BCUT2D eigenvalue weighted by Crippen LogP contribution is -2.48. The molecule has 2 N–H and O–H groups in total. The van der Waals surface area contributed by atoms with Gasteiger partial charge in [-0.1, -0.05) is 17.7 Å². The topological polar surface area (TPSA) is 59.0 Å². The molecule has 5 nitrogen and oxygen atoms in total. The summed E-state index contributed by atoms with van der Waals surface area (Å²) >= 11 is 5.94. The Bertz CT molecular complexity index is 621. The molecular formula is C14H15ClN4O. The smallest absolute Gasteiger partial charge is 0.271 e. The van der Waals surface area contributed by atoms with Crippen molar-refractivity contribution < 1.29 is 4.79 Å². The van der Waals surface area contributed by atoms with Crippen molar-refractivity contribution in [2.24, 2.45) is 5.92 Å². The van der Waals surface area contributed by atoms with Crippen LogP contribution in [0.25, 0.3) is 5.69 Å². The van der Waals surface area contributed by atoms with Crippen LogP contribution < -0.4 is 10.6 Å². The van der Waals surface area contributed by atoms with Gasteiger partial charge < -0.3 is 10.6 Å². The number of carbonyl (C=O) groups excluding carboxylic acids is 1. The third-order valence-corrected chi connectivity index (χ3v) is 3.55. The van der Waals surface area contributed by atoms with E-state index in [1.54, 1.807) is 29.1 Å². The highest BCUT2D eigenvalue weighted by Gasteiger charge is 2.18. The summed E-state index contributed by atoms with van der Waals surface area (Å²) in [6.07, 6.45) is 1.76. The van der Waals surface area contributed by atoms with E-state index in [1.165, 1.54) is 0 Å². The molecule has 1 aliphatic rings. The lowest BCUT2D eigenvalue weighted by molar-refractivity contribution is 0.0937. The van der Waals surface area contributed by atoms with Gasteiger partial charge in [0.1, 0.15) is 0 Å². The number of hydrogen-bond acceptors (Lipinski definition) is 3. The van der Waals surface area contributed by atoms with Gasteiger partial charge in [0.2, 0.25) is 0 Å². The lowest BCUT2D eigenvalue weighted by atomic mass is 10.0. The van der Waals surface area contributed by atoms with E-state index in [0.717, 1.165) is 18.8 Å². The van der Waals surface area contributed by atoms with Gasteiger partial charge in [-0.3, -0.25) is 4.79 Å². The van der Waals surface area contributed by atoms with Gasteiger partial charge in [0, 0.05) is 36.8 Å². The molecule has 20 heavy (non-hydrogen) atoms. The number of benzene rings is 1. The number of nitrogens with zero attached hydrogens (tertiary/aromatic N) is 2. The van der Waals surface area contributed by atoms with Crippen LogP contribution in [-0.2, 0) is 0 Å². The van der Waals surface area contributed by atoms with E-state index < -0.39 is 0 Å². The molecular weight excluding hydrogens is 276 g/mol. The summed E-state index contributed by atoms with van der Waals surface area (Å²) in [7, 11) is 0. The molecule has 1 amide bonds. The summed E-state index contributed by atoms with van der Waals surface area (Å²) in [5.41, 5.74) is 1.25. The van der Waals surface area contributed by atoms with E-state index >= 15 is 0 Å². The molecule has 1 aliphatic heterocycles. The molecule has 2 aromatic rings. The van der Waals surface area contributed by atoms with Crippen LogP contribution in [0, 0.1) is 5.92 Å². The highest BCUT2D eigenvalue weighted by Crippen LogP contribution is 2.14. The van der Waals surface area contributed by atoms with Gasteiger partial charge in [-0.05, 0) is 24.3 Å².